The highest BCUT2D eigenvalue weighted by molar-refractivity contribution is 6.31. The molecule has 8 nitrogen and oxygen atoms in total. The summed E-state index contributed by atoms with van der Waals surface area (Å²) in [5, 5.41) is 0.551. The molecule has 2 saturated heterocycles. The van der Waals surface area contributed by atoms with Gasteiger partial charge < -0.3 is 9.64 Å². The zero-order valence-corrected chi connectivity index (χ0v) is 18.9. The number of ether oxygens (including phenoxy) is 1. The quantitative estimate of drug-likeness (QED) is 0.632. The summed E-state index contributed by atoms with van der Waals surface area (Å²) in [5.74, 6) is -0.493. The van der Waals surface area contributed by atoms with Crippen molar-refractivity contribution in [3.8, 4) is 5.69 Å². The number of likely N-dealkylation sites (N-methyl/N-ethyl adjacent to an activating group) is 1. The standard InChI is InChI=1S/C22H26ClN5O3/c1-22(2,3)31-20(29)19-18-11-27(21(30)26-10-14-8-15(26)9-25(14)4)17-7-13(23)5-6-16(17)28(18)12-24-19/h5-7,12,14-15H,8-11H2,1-4H3. The summed E-state index contributed by atoms with van der Waals surface area (Å²) in [6.45, 7) is 7.28. The molecule has 4 heterocycles. The summed E-state index contributed by atoms with van der Waals surface area (Å²) in [5.41, 5.74) is 1.72. The second kappa shape index (κ2) is 6.97. The molecule has 31 heavy (non-hydrogen) atoms. The van der Waals surface area contributed by atoms with Gasteiger partial charge in [0.1, 0.15) is 11.9 Å². The third-order valence-electron chi connectivity index (χ3n) is 6.25. The molecular weight excluding hydrogens is 418 g/mol. The second-order valence-corrected chi connectivity index (χ2v) is 9.99. The van der Waals surface area contributed by atoms with Crippen LogP contribution < -0.4 is 4.90 Å². The fraction of sp³-hybridized carbons (Fsp3) is 0.500. The molecule has 0 radical (unpaired) electrons. The number of hydrogen-bond donors (Lipinski definition) is 0. The van der Waals surface area contributed by atoms with Gasteiger partial charge in [0.05, 0.1) is 23.6 Å². The third-order valence-corrected chi connectivity index (χ3v) is 6.48. The fourth-order valence-electron chi connectivity index (χ4n) is 4.81. The maximum Gasteiger partial charge on any atom is 0.359 e. The van der Waals surface area contributed by atoms with Gasteiger partial charge in [-0.1, -0.05) is 11.6 Å². The SMILES string of the molecule is CN1CC2CC1CN2C(=O)N1Cc2c(C(=O)OC(C)(C)C)ncn2-c2ccc(Cl)cc21. The van der Waals surface area contributed by atoms with Crippen LogP contribution in [-0.2, 0) is 11.3 Å². The number of urea groups is 1. The largest absolute Gasteiger partial charge is 0.455 e. The number of carbonyl (C=O) groups is 2. The minimum absolute atomic E-state index is 0.0632. The van der Waals surface area contributed by atoms with Crippen molar-refractivity contribution in [3.63, 3.8) is 0 Å². The van der Waals surface area contributed by atoms with Gasteiger partial charge in [-0.2, -0.15) is 0 Å². The first-order valence-electron chi connectivity index (χ1n) is 10.5. The van der Waals surface area contributed by atoms with Crippen LogP contribution in [-0.4, -0.2) is 69.2 Å². The van der Waals surface area contributed by atoms with E-state index in [9.17, 15) is 9.59 Å². The normalized spacial score (nSPS) is 22.5. The summed E-state index contributed by atoms with van der Waals surface area (Å²) in [6.07, 6.45) is 2.61. The number of nitrogens with zero attached hydrogens (tertiary/aromatic N) is 5. The van der Waals surface area contributed by atoms with E-state index in [2.05, 4.69) is 16.9 Å². The van der Waals surface area contributed by atoms with Crippen molar-refractivity contribution < 1.29 is 14.3 Å². The number of anilines is 1. The number of aromatic nitrogens is 2. The molecule has 2 unspecified atom stereocenters. The number of amides is 2. The monoisotopic (exact) mass is 443 g/mol. The predicted molar refractivity (Wildman–Crippen MR) is 117 cm³/mol. The molecule has 1 aromatic heterocycles. The number of imidazole rings is 1. The van der Waals surface area contributed by atoms with Crippen LogP contribution in [0.2, 0.25) is 5.02 Å². The summed E-state index contributed by atoms with van der Waals surface area (Å²) in [6, 6.07) is 5.98. The first kappa shape index (κ1) is 20.3. The minimum Gasteiger partial charge on any atom is -0.455 e. The Morgan fingerprint density at radius 1 is 1.16 bits per heavy atom. The molecule has 2 fully saturated rings. The van der Waals surface area contributed by atoms with E-state index in [0.717, 1.165) is 18.7 Å². The van der Waals surface area contributed by atoms with Crippen molar-refractivity contribution >= 4 is 29.3 Å². The Morgan fingerprint density at radius 2 is 1.94 bits per heavy atom. The topological polar surface area (TPSA) is 70.9 Å². The van der Waals surface area contributed by atoms with Crippen LogP contribution in [0.15, 0.2) is 24.5 Å². The number of likely N-dealkylation sites (tertiary alicyclic amines) is 2. The lowest BCUT2D eigenvalue weighted by Crippen LogP contribution is -2.52. The van der Waals surface area contributed by atoms with Gasteiger partial charge in [0.25, 0.3) is 0 Å². The van der Waals surface area contributed by atoms with Crippen molar-refractivity contribution in [2.75, 3.05) is 25.0 Å². The van der Waals surface area contributed by atoms with Crippen LogP contribution in [0.5, 0.6) is 0 Å². The average Bonchev–Trinajstić information content (AvgIpc) is 3.38. The summed E-state index contributed by atoms with van der Waals surface area (Å²) in [7, 11) is 2.11. The third kappa shape index (κ3) is 3.38. The van der Waals surface area contributed by atoms with E-state index >= 15 is 0 Å². The van der Waals surface area contributed by atoms with Crippen LogP contribution in [0.4, 0.5) is 10.5 Å². The predicted octanol–water partition coefficient (Wildman–Crippen LogP) is 3.31. The van der Waals surface area contributed by atoms with Gasteiger partial charge in [0.2, 0.25) is 0 Å². The van der Waals surface area contributed by atoms with Gasteiger partial charge in [0, 0.05) is 30.2 Å². The molecule has 2 amide bonds. The van der Waals surface area contributed by atoms with E-state index in [-0.39, 0.29) is 24.3 Å². The van der Waals surface area contributed by atoms with Gasteiger partial charge in [-0.3, -0.25) is 14.4 Å². The molecule has 2 atom stereocenters. The summed E-state index contributed by atoms with van der Waals surface area (Å²) in [4.78, 5) is 36.8. The van der Waals surface area contributed by atoms with Crippen molar-refractivity contribution in [2.24, 2.45) is 0 Å². The number of piperazine rings is 1. The lowest BCUT2D eigenvalue weighted by atomic mass is 10.1. The molecule has 9 heteroatoms. The second-order valence-electron chi connectivity index (χ2n) is 9.55. The van der Waals surface area contributed by atoms with Gasteiger partial charge in [-0.05, 0) is 52.4 Å². The highest BCUT2D eigenvalue weighted by Crippen LogP contribution is 2.38. The van der Waals surface area contributed by atoms with Gasteiger partial charge in [-0.25, -0.2) is 14.6 Å². The van der Waals surface area contributed by atoms with Gasteiger partial charge in [-0.15, -0.1) is 0 Å². The Balaban J connectivity index is 1.53. The molecule has 3 aliphatic heterocycles. The fourth-order valence-corrected chi connectivity index (χ4v) is 4.97. The number of halogens is 1. The van der Waals surface area contributed by atoms with E-state index < -0.39 is 11.6 Å². The molecule has 164 valence electrons. The van der Waals surface area contributed by atoms with Crippen LogP contribution in [0, 0.1) is 0 Å². The van der Waals surface area contributed by atoms with Gasteiger partial charge in [0.15, 0.2) is 5.69 Å². The maximum absolute atomic E-state index is 13.7. The van der Waals surface area contributed by atoms with Gasteiger partial charge >= 0.3 is 12.0 Å². The van der Waals surface area contributed by atoms with Crippen LogP contribution in [0.25, 0.3) is 5.69 Å². The smallest absolute Gasteiger partial charge is 0.359 e. The zero-order chi connectivity index (χ0) is 22.1. The van der Waals surface area contributed by atoms with Crippen LogP contribution in [0.3, 0.4) is 0 Å². The van der Waals surface area contributed by atoms with Crippen LogP contribution in [0.1, 0.15) is 43.4 Å². The van der Waals surface area contributed by atoms with Crippen molar-refractivity contribution in [3.05, 3.63) is 40.9 Å². The van der Waals surface area contributed by atoms with Crippen molar-refractivity contribution in [1.29, 1.82) is 0 Å². The summed E-state index contributed by atoms with van der Waals surface area (Å²) < 4.78 is 7.39. The lowest BCUT2D eigenvalue weighted by Gasteiger charge is -2.38. The molecule has 0 spiro atoms. The Hall–Kier alpha value is -2.58. The Kier molecular flexibility index (Phi) is 4.57. The molecule has 1 aromatic carbocycles. The molecule has 0 saturated carbocycles. The molecular formula is C22H26ClN5O3. The van der Waals surface area contributed by atoms with E-state index in [1.165, 1.54) is 0 Å². The van der Waals surface area contributed by atoms with Crippen molar-refractivity contribution in [1.82, 2.24) is 19.4 Å². The number of esters is 1. The number of carbonyl (C=O) groups excluding carboxylic acids is 2. The average molecular weight is 444 g/mol. The number of fused-ring (bicyclic) bond motifs is 5. The van der Waals surface area contributed by atoms with Crippen LogP contribution >= 0.6 is 11.6 Å². The maximum atomic E-state index is 13.7. The van der Waals surface area contributed by atoms with Crippen molar-refractivity contribution in [2.45, 2.75) is 51.4 Å². The Labute approximate surface area is 186 Å². The minimum atomic E-state index is -0.635. The zero-order valence-electron chi connectivity index (χ0n) is 18.1. The number of rotatable bonds is 1. The first-order valence-corrected chi connectivity index (χ1v) is 10.9. The van der Waals surface area contributed by atoms with E-state index in [1.54, 1.807) is 23.4 Å². The molecule has 3 aliphatic rings. The Morgan fingerprint density at radius 3 is 2.58 bits per heavy atom. The number of benzene rings is 1. The lowest BCUT2D eigenvalue weighted by molar-refractivity contribution is 0.00619. The molecule has 2 bridgehead atoms. The molecule has 0 aliphatic carbocycles. The highest BCUT2D eigenvalue weighted by Gasteiger charge is 2.46. The van der Waals surface area contributed by atoms with E-state index in [4.69, 9.17) is 16.3 Å². The van der Waals surface area contributed by atoms with E-state index in [0.29, 0.717) is 29.0 Å². The molecule has 5 rings (SSSR count). The highest BCUT2D eigenvalue weighted by atomic mass is 35.5. The molecule has 0 N–H and O–H groups in total. The summed E-state index contributed by atoms with van der Waals surface area (Å²) >= 11 is 6.29. The number of hydrogen-bond acceptors (Lipinski definition) is 5. The van der Waals surface area contributed by atoms with E-state index in [1.807, 2.05) is 36.3 Å². The molecule has 2 aromatic rings. The Bertz CT molecular complexity index is 1070. The first-order chi connectivity index (χ1) is 14.6.